The molecule has 2 amide bonds. The number of benzene rings is 1. The van der Waals surface area contributed by atoms with Crippen LogP contribution in [0.15, 0.2) is 66.1 Å². The van der Waals surface area contributed by atoms with Gasteiger partial charge in [0.15, 0.2) is 5.78 Å². The van der Waals surface area contributed by atoms with Crippen LogP contribution < -0.4 is 10.2 Å². The summed E-state index contributed by atoms with van der Waals surface area (Å²) in [6.07, 6.45) is -2.92. The minimum Gasteiger partial charge on any atom is -0.326 e. The van der Waals surface area contributed by atoms with Crippen LogP contribution in [-0.2, 0) is 9.59 Å². The fraction of sp³-hybridized carbons (Fsp3) is 0.304. The SMILES string of the molecule is CC1(C)CC(=O)C2=C(C1)N(c1ccccc1)C(=O)[C@]2(NC(=O)c1cccnc1)C(F)(F)F. The van der Waals surface area contributed by atoms with Gasteiger partial charge in [-0.15, -0.1) is 0 Å². The molecule has 0 saturated heterocycles. The highest BCUT2D eigenvalue weighted by atomic mass is 19.4. The molecule has 0 fully saturated rings. The lowest BCUT2D eigenvalue weighted by Gasteiger charge is -2.35. The Kier molecular flexibility index (Phi) is 4.95. The molecule has 166 valence electrons. The Labute approximate surface area is 182 Å². The molecular weight excluding hydrogens is 423 g/mol. The van der Waals surface area contributed by atoms with Gasteiger partial charge in [-0.05, 0) is 36.1 Å². The Hall–Kier alpha value is -3.49. The molecule has 1 aliphatic carbocycles. The first-order valence-electron chi connectivity index (χ1n) is 9.94. The number of ketones is 1. The number of aromatic nitrogens is 1. The second-order valence-electron chi connectivity index (χ2n) is 8.68. The van der Waals surface area contributed by atoms with E-state index in [-0.39, 0.29) is 29.8 Å². The number of amides is 2. The van der Waals surface area contributed by atoms with Crippen molar-refractivity contribution >= 4 is 23.3 Å². The molecule has 2 heterocycles. The lowest BCUT2D eigenvalue weighted by Crippen LogP contribution is -2.66. The smallest absolute Gasteiger partial charge is 0.326 e. The fourth-order valence-electron chi connectivity index (χ4n) is 4.34. The Morgan fingerprint density at radius 1 is 1.06 bits per heavy atom. The molecular formula is C23H20F3N3O3. The van der Waals surface area contributed by atoms with E-state index in [4.69, 9.17) is 0 Å². The second kappa shape index (κ2) is 7.29. The van der Waals surface area contributed by atoms with Gasteiger partial charge in [0.25, 0.3) is 11.8 Å². The third-order valence-electron chi connectivity index (χ3n) is 5.69. The first kappa shape index (κ1) is 21.7. The van der Waals surface area contributed by atoms with Crippen molar-refractivity contribution in [3.05, 3.63) is 71.7 Å². The number of pyridine rings is 1. The van der Waals surface area contributed by atoms with Crippen molar-refractivity contribution in [2.24, 2.45) is 5.41 Å². The first-order valence-corrected chi connectivity index (χ1v) is 9.94. The Morgan fingerprint density at radius 3 is 2.34 bits per heavy atom. The van der Waals surface area contributed by atoms with Gasteiger partial charge in [-0.25, -0.2) is 0 Å². The van der Waals surface area contributed by atoms with E-state index in [2.05, 4.69) is 4.98 Å². The number of para-hydroxylation sites is 1. The molecule has 1 atom stereocenters. The molecule has 1 N–H and O–H groups in total. The third kappa shape index (κ3) is 3.28. The molecule has 32 heavy (non-hydrogen) atoms. The van der Waals surface area contributed by atoms with Gasteiger partial charge >= 0.3 is 6.18 Å². The molecule has 0 radical (unpaired) electrons. The summed E-state index contributed by atoms with van der Waals surface area (Å²) in [5, 5.41) is 1.88. The lowest BCUT2D eigenvalue weighted by molar-refractivity contribution is -0.186. The van der Waals surface area contributed by atoms with E-state index in [0.717, 1.165) is 11.1 Å². The number of nitrogens with zero attached hydrogens (tertiary/aromatic N) is 2. The molecule has 0 spiro atoms. The molecule has 0 bridgehead atoms. The van der Waals surface area contributed by atoms with Crippen molar-refractivity contribution in [1.29, 1.82) is 0 Å². The summed E-state index contributed by atoms with van der Waals surface area (Å²) < 4.78 is 44.1. The molecule has 2 aromatic rings. The van der Waals surface area contributed by atoms with Crippen LogP contribution in [0.3, 0.4) is 0 Å². The van der Waals surface area contributed by atoms with E-state index in [1.165, 1.54) is 30.5 Å². The highest BCUT2D eigenvalue weighted by molar-refractivity contribution is 6.21. The zero-order chi connectivity index (χ0) is 23.3. The zero-order valence-electron chi connectivity index (χ0n) is 17.4. The number of carbonyl (C=O) groups is 3. The lowest BCUT2D eigenvalue weighted by atomic mass is 9.72. The van der Waals surface area contributed by atoms with E-state index in [9.17, 15) is 27.6 Å². The van der Waals surface area contributed by atoms with Crippen LogP contribution in [0.4, 0.5) is 18.9 Å². The standard InChI is InChI=1S/C23H20F3N3O3/c1-21(2)11-16-18(17(30)12-21)22(23(24,25)26,28-19(31)14-7-6-10-27-13-14)20(32)29(16)15-8-4-3-5-9-15/h3-10,13H,11-12H2,1-2H3,(H,28,31)/t22-/m0/s1. The monoisotopic (exact) mass is 443 g/mol. The largest absolute Gasteiger partial charge is 0.425 e. The summed E-state index contributed by atoms with van der Waals surface area (Å²) in [6, 6.07) is 10.5. The average Bonchev–Trinajstić information content (AvgIpc) is 2.97. The number of Topliss-reactive ketones (excluding diaryl/α,β-unsaturated/α-hetero) is 1. The van der Waals surface area contributed by atoms with E-state index < -0.39 is 40.3 Å². The molecule has 0 saturated carbocycles. The van der Waals surface area contributed by atoms with Gasteiger partial charge in [-0.2, -0.15) is 13.2 Å². The highest BCUT2D eigenvalue weighted by Crippen LogP contribution is 2.52. The van der Waals surface area contributed by atoms with Crippen molar-refractivity contribution in [2.75, 3.05) is 4.90 Å². The van der Waals surface area contributed by atoms with Gasteiger partial charge in [0.1, 0.15) is 0 Å². The summed E-state index contributed by atoms with van der Waals surface area (Å²) in [7, 11) is 0. The van der Waals surface area contributed by atoms with Crippen molar-refractivity contribution < 1.29 is 27.6 Å². The number of alkyl halides is 3. The van der Waals surface area contributed by atoms with Gasteiger partial charge in [0.2, 0.25) is 5.54 Å². The molecule has 1 aliphatic heterocycles. The van der Waals surface area contributed by atoms with Crippen molar-refractivity contribution in [3.63, 3.8) is 0 Å². The van der Waals surface area contributed by atoms with E-state index >= 15 is 0 Å². The number of hydrogen-bond donors (Lipinski definition) is 1. The molecule has 9 heteroatoms. The van der Waals surface area contributed by atoms with Crippen LogP contribution in [-0.4, -0.2) is 34.3 Å². The van der Waals surface area contributed by atoms with Gasteiger partial charge in [-0.3, -0.25) is 24.3 Å². The van der Waals surface area contributed by atoms with Crippen LogP contribution in [0, 0.1) is 5.41 Å². The predicted octanol–water partition coefficient (Wildman–Crippen LogP) is 3.80. The Balaban J connectivity index is 1.95. The first-order chi connectivity index (χ1) is 15.0. The Bertz CT molecular complexity index is 1130. The van der Waals surface area contributed by atoms with E-state index in [1.807, 2.05) is 5.32 Å². The molecule has 1 aromatic heterocycles. The summed E-state index contributed by atoms with van der Waals surface area (Å²) in [6.45, 7) is 3.51. The number of nitrogens with one attached hydrogen (secondary N) is 1. The maximum Gasteiger partial charge on any atom is 0.425 e. The van der Waals surface area contributed by atoms with Crippen molar-refractivity contribution in [3.8, 4) is 0 Å². The Morgan fingerprint density at radius 2 is 1.75 bits per heavy atom. The topological polar surface area (TPSA) is 79.4 Å². The summed E-state index contributed by atoms with van der Waals surface area (Å²) in [5.41, 5.74) is -4.86. The quantitative estimate of drug-likeness (QED) is 0.783. The zero-order valence-corrected chi connectivity index (χ0v) is 17.4. The summed E-state index contributed by atoms with van der Waals surface area (Å²) in [5.74, 6) is -3.39. The van der Waals surface area contributed by atoms with Crippen molar-refractivity contribution in [2.45, 2.75) is 38.4 Å². The fourth-order valence-corrected chi connectivity index (χ4v) is 4.34. The minimum absolute atomic E-state index is 0.0359. The molecule has 6 nitrogen and oxygen atoms in total. The average molecular weight is 443 g/mol. The number of rotatable bonds is 3. The van der Waals surface area contributed by atoms with Crippen LogP contribution in [0.1, 0.15) is 37.0 Å². The van der Waals surface area contributed by atoms with Gasteiger partial charge < -0.3 is 5.32 Å². The predicted molar refractivity (Wildman–Crippen MR) is 109 cm³/mol. The van der Waals surface area contributed by atoms with E-state index in [1.54, 1.807) is 32.0 Å². The molecule has 2 aliphatic rings. The number of anilines is 1. The van der Waals surface area contributed by atoms with E-state index in [0.29, 0.717) is 0 Å². The van der Waals surface area contributed by atoms with Gasteiger partial charge in [0.05, 0.1) is 11.1 Å². The normalized spacial score (nSPS) is 22.7. The third-order valence-corrected chi connectivity index (χ3v) is 5.69. The van der Waals surface area contributed by atoms with Crippen LogP contribution >= 0.6 is 0 Å². The van der Waals surface area contributed by atoms with Crippen molar-refractivity contribution in [1.82, 2.24) is 10.3 Å². The van der Waals surface area contributed by atoms with Gasteiger partial charge in [-0.1, -0.05) is 32.0 Å². The molecule has 1 aromatic carbocycles. The molecule has 0 unspecified atom stereocenters. The van der Waals surface area contributed by atoms with Gasteiger partial charge in [0, 0.05) is 30.2 Å². The van der Waals surface area contributed by atoms with Crippen LogP contribution in [0.2, 0.25) is 0 Å². The summed E-state index contributed by atoms with van der Waals surface area (Å²) >= 11 is 0. The highest BCUT2D eigenvalue weighted by Gasteiger charge is 2.72. The number of halogens is 3. The summed E-state index contributed by atoms with van der Waals surface area (Å²) in [4.78, 5) is 44.1. The van der Waals surface area contributed by atoms with Crippen LogP contribution in [0.5, 0.6) is 0 Å². The minimum atomic E-state index is -5.26. The maximum absolute atomic E-state index is 14.7. The maximum atomic E-state index is 14.7. The molecule has 4 rings (SSSR count). The number of hydrogen-bond acceptors (Lipinski definition) is 4. The second-order valence-corrected chi connectivity index (χ2v) is 8.68. The number of carbonyl (C=O) groups excluding carboxylic acids is 3. The number of allylic oxidation sites excluding steroid dienone is 1. The van der Waals surface area contributed by atoms with Crippen LogP contribution in [0.25, 0.3) is 0 Å².